The lowest BCUT2D eigenvalue weighted by molar-refractivity contribution is 0.296. The summed E-state index contributed by atoms with van der Waals surface area (Å²) in [5, 5.41) is 0. The molecule has 0 spiro atoms. The average Bonchev–Trinajstić information content (AvgIpc) is 2.51. The van der Waals surface area contributed by atoms with Crippen LogP contribution in [0.3, 0.4) is 0 Å². The number of nitrogens with zero attached hydrogens (tertiary/aromatic N) is 1. The molecule has 1 atom stereocenters. The van der Waals surface area contributed by atoms with Crippen molar-refractivity contribution < 1.29 is 4.74 Å². The van der Waals surface area contributed by atoms with E-state index >= 15 is 0 Å². The van der Waals surface area contributed by atoms with E-state index < -0.39 is 0 Å². The van der Waals surface area contributed by atoms with Crippen LogP contribution in [0.2, 0.25) is 0 Å². The van der Waals surface area contributed by atoms with Crippen LogP contribution in [0, 0.1) is 0 Å². The van der Waals surface area contributed by atoms with Gasteiger partial charge < -0.3 is 10.5 Å². The second-order valence-corrected chi connectivity index (χ2v) is 7.45. The van der Waals surface area contributed by atoms with E-state index in [0.29, 0.717) is 6.61 Å². The third-order valence-electron chi connectivity index (χ3n) is 3.25. The first-order valence-corrected chi connectivity index (χ1v) is 8.45. The quantitative estimate of drug-likeness (QED) is 0.822. The Kier molecular flexibility index (Phi) is 5.86. The van der Waals surface area contributed by atoms with Gasteiger partial charge in [0.05, 0.1) is 6.20 Å². The Morgan fingerprint density at radius 1 is 1.18 bits per heavy atom. The predicted octanol–water partition coefficient (Wildman–Crippen LogP) is 3.88. The van der Waals surface area contributed by atoms with E-state index in [1.165, 1.54) is 4.90 Å². The summed E-state index contributed by atoms with van der Waals surface area (Å²) >= 11 is 1.75. The van der Waals surface area contributed by atoms with Crippen molar-refractivity contribution in [3.05, 3.63) is 54.4 Å². The predicted molar refractivity (Wildman–Crippen MR) is 93.6 cm³/mol. The Labute approximate surface area is 137 Å². The lowest BCUT2D eigenvalue weighted by atomic mass is 9.88. The van der Waals surface area contributed by atoms with Gasteiger partial charge in [-0.15, -0.1) is 11.8 Å². The molecule has 1 aromatic heterocycles. The smallest absolute Gasteiger partial charge is 0.137 e. The van der Waals surface area contributed by atoms with Gasteiger partial charge in [0.15, 0.2) is 0 Å². The van der Waals surface area contributed by atoms with Crippen molar-refractivity contribution in [2.45, 2.75) is 37.1 Å². The molecule has 118 valence electrons. The van der Waals surface area contributed by atoms with E-state index in [1.807, 2.05) is 30.5 Å². The number of nitrogens with two attached hydrogens (primary N) is 1. The highest BCUT2D eigenvalue weighted by Gasteiger charge is 2.15. The summed E-state index contributed by atoms with van der Waals surface area (Å²) in [5.74, 6) is 1.61. The van der Waals surface area contributed by atoms with Crippen LogP contribution in [0.25, 0.3) is 0 Å². The Balaban J connectivity index is 1.82. The minimum Gasteiger partial charge on any atom is -0.490 e. The number of thioether (sulfide) groups is 1. The first kappa shape index (κ1) is 16.8. The van der Waals surface area contributed by atoms with Crippen molar-refractivity contribution in [3.8, 4) is 5.75 Å². The number of benzene rings is 1. The third kappa shape index (κ3) is 5.35. The zero-order valence-corrected chi connectivity index (χ0v) is 14.3. The highest BCUT2D eigenvalue weighted by molar-refractivity contribution is 7.99. The van der Waals surface area contributed by atoms with E-state index in [2.05, 4.69) is 37.9 Å². The Hall–Kier alpha value is -1.52. The van der Waals surface area contributed by atoms with Crippen LogP contribution in [-0.4, -0.2) is 23.4 Å². The fourth-order valence-electron chi connectivity index (χ4n) is 1.88. The van der Waals surface area contributed by atoms with Crippen molar-refractivity contribution in [1.82, 2.24) is 4.98 Å². The van der Waals surface area contributed by atoms with Crippen LogP contribution in [0.15, 0.2) is 53.7 Å². The molecule has 0 fully saturated rings. The van der Waals surface area contributed by atoms with Crippen molar-refractivity contribution in [2.75, 3.05) is 12.4 Å². The zero-order chi connectivity index (χ0) is 16.0. The molecule has 0 amide bonds. The number of aromatic nitrogens is 1. The van der Waals surface area contributed by atoms with Gasteiger partial charge in [0, 0.05) is 22.9 Å². The largest absolute Gasteiger partial charge is 0.490 e. The maximum atomic E-state index is 6.13. The fourth-order valence-corrected chi connectivity index (χ4v) is 2.73. The van der Waals surface area contributed by atoms with Gasteiger partial charge in [0.25, 0.3) is 0 Å². The SMILES string of the molecule is CC(C)(C)c1cncc(OC[C@@H](N)CSc2ccccc2)c1. The maximum Gasteiger partial charge on any atom is 0.137 e. The van der Waals surface area contributed by atoms with Crippen LogP contribution in [0.1, 0.15) is 26.3 Å². The molecule has 0 saturated heterocycles. The molecule has 2 aromatic rings. The molecular weight excluding hydrogens is 292 g/mol. The van der Waals surface area contributed by atoms with Gasteiger partial charge >= 0.3 is 0 Å². The van der Waals surface area contributed by atoms with Crippen molar-refractivity contribution in [1.29, 1.82) is 0 Å². The van der Waals surface area contributed by atoms with Gasteiger partial charge in [-0.1, -0.05) is 39.0 Å². The molecule has 0 aliphatic heterocycles. The Morgan fingerprint density at radius 2 is 1.91 bits per heavy atom. The molecule has 22 heavy (non-hydrogen) atoms. The number of pyridine rings is 1. The number of hydrogen-bond donors (Lipinski definition) is 1. The molecule has 1 heterocycles. The summed E-state index contributed by atoms with van der Waals surface area (Å²) < 4.78 is 5.79. The van der Waals surface area contributed by atoms with E-state index in [9.17, 15) is 0 Å². The Morgan fingerprint density at radius 3 is 2.59 bits per heavy atom. The number of hydrogen-bond acceptors (Lipinski definition) is 4. The number of ether oxygens (including phenoxy) is 1. The molecule has 0 aliphatic carbocycles. The molecule has 2 N–H and O–H groups in total. The lowest BCUT2D eigenvalue weighted by Gasteiger charge is -2.19. The average molecular weight is 316 g/mol. The molecule has 2 rings (SSSR count). The topological polar surface area (TPSA) is 48.1 Å². The molecule has 3 nitrogen and oxygen atoms in total. The summed E-state index contributed by atoms with van der Waals surface area (Å²) in [5.41, 5.74) is 7.36. The first-order chi connectivity index (χ1) is 10.4. The standard InChI is InChI=1S/C18H24N2OS/c1-18(2,3)14-9-16(11-20-10-14)21-12-15(19)13-22-17-7-5-4-6-8-17/h4-11,15H,12-13,19H2,1-3H3/t15-/m1/s1. The van der Waals surface area contributed by atoms with Crippen LogP contribution in [0.4, 0.5) is 0 Å². The molecular formula is C18H24N2OS. The minimum atomic E-state index is -0.0106. The van der Waals surface area contributed by atoms with Gasteiger partial charge in [0.2, 0.25) is 0 Å². The van der Waals surface area contributed by atoms with E-state index in [-0.39, 0.29) is 11.5 Å². The van der Waals surface area contributed by atoms with Crippen LogP contribution >= 0.6 is 11.8 Å². The van der Waals surface area contributed by atoms with Crippen LogP contribution in [0.5, 0.6) is 5.75 Å². The molecule has 0 unspecified atom stereocenters. The first-order valence-electron chi connectivity index (χ1n) is 7.47. The summed E-state index contributed by atoms with van der Waals surface area (Å²) in [6.45, 7) is 6.98. The van der Waals surface area contributed by atoms with Crippen molar-refractivity contribution in [3.63, 3.8) is 0 Å². The van der Waals surface area contributed by atoms with Crippen LogP contribution < -0.4 is 10.5 Å². The summed E-state index contributed by atoms with van der Waals surface area (Å²) in [6.07, 6.45) is 3.63. The molecule has 1 aromatic carbocycles. The van der Waals surface area contributed by atoms with Gasteiger partial charge in [-0.05, 0) is 29.2 Å². The van der Waals surface area contributed by atoms with E-state index in [1.54, 1.807) is 18.0 Å². The van der Waals surface area contributed by atoms with Crippen molar-refractivity contribution >= 4 is 11.8 Å². The summed E-state index contributed by atoms with van der Waals surface area (Å²) in [6, 6.07) is 12.3. The van der Waals surface area contributed by atoms with E-state index in [0.717, 1.165) is 17.1 Å². The summed E-state index contributed by atoms with van der Waals surface area (Å²) in [4.78, 5) is 5.48. The maximum absolute atomic E-state index is 6.13. The lowest BCUT2D eigenvalue weighted by Crippen LogP contribution is -2.30. The molecule has 0 aliphatic rings. The zero-order valence-electron chi connectivity index (χ0n) is 13.5. The molecule has 0 saturated carbocycles. The van der Waals surface area contributed by atoms with Gasteiger partial charge in [-0.25, -0.2) is 0 Å². The van der Waals surface area contributed by atoms with Crippen molar-refractivity contribution in [2.24, 2.45) is 5.73 Å². The van der Waals surface area contributed by atoms with Gasteiger partial charge in [-0.2, -0.15) is 0 Å². The summed E-state index contributed by atoms with van der Waals surface area (Å²) in [7, 11) is 0. The Bertz CT molecular complexity index is 581. The molecule has 0 bridgehead atoms. The highest BCUT2D eigenvalue weighted by atomic mass is 32.2. The minimum absolute atomic E-state index is 0.0106. The van der Waals surface area contributed by atoms with Gasteiger partial charge in [0.1, 0.15) is 12.4 Å². The van der Waals surface area contributed by atoms with Crippen LogP contribution in [-0.2, 0) is 5.41 Å². The highest BCUT2D eigenvalue weighted by Crippen LogP contribution is 2.24. The second-order valence-electron chi connectivity index (χ2n) is 6.35. The number of rotatable bonds is 6. The normalized spacial score (nSPS) is 12.9. The van der Waals surface area contributed by atoms with Gasteiger partial charge in [-0.3, -0.25) is 4.98 Å². The monoisotopic (exact) mass is 316 g/mol. The molecule has 0 radical (unpaired) electrons. The second kappa shape index (κ2) is 7.65. The van der Waals surface area contributed by atoms with E-state index in [4.69, 9.17) is 10.5 Å². The molecule has 4 heteroatoms. The fraction of sp³-hybridized carbons (Fsp3) is 0.389. The third-order valence-corrected chi connectivity index (χ3v) is 4.45.